The third kappa shape index (κ3) is 3.51. The van der Waals surface area contributed by atoms with Crippen LogP contribution in [0.4, 0.5) is 0 Å². The second-order valence-electron chi connectivity index (χ2n) is 3.60. The van der Waals surface area contributed by atoms with E-state index in [0.29, 0.717) is 6.42 Å². The molecule has 0 heterocycles. The third-order valence-corrected chi connectivity index (χ3v) is 2.37. The van der Waals surface area contributed by atoms with Gasteiger partial charge < -0.3 is 20.9 Å². The molecular formula is C9H14BNO4. The normalized spacial score (nSPS) is 22.1. The number of allylic oxidation sites excluding steroid dienone is 3. The van der Waals surface area contributed by atoms with E-state index in [0.717, 1.165) is 5.57 Å². The number of carbonyl (C=O) groups is 1. The van der Waals surface area contributed by atoms with Crippen LogP contribution in [0.25, 0.3) is 0 Å². The molecule has 0 radical (unpaired) electrons. The highest BCUT2D eigenvalue weighted by molar-refractivity contribution is 6.44. The molecule has 5 nitrogen and oxygen atoms in total. The molecule has 0 amide bonds. The van der Waals surface area contributed by atoms with Crippen LogP contribution in [0, 0.1) is 0 Å². The molecule has 1 aliphatic rings. The van der Waals surface area contributed by atoms with Crippen molar-refractivity contribution in [2.24, 2.45) is 5.73 Å². The lowest BCUT2D eigenvalue weighted by Gasteiger charge is -2.16. The van der Waals surface area contributed by atoms with Gasteiger partial charge in [-0.05, 0) is 12.8 Å². The van der Waals surface area contributed by atoms with Crippen molar-refractivity contribution < 1.29 is 19.9 Å². The van der Waals surface area contributed by atoms with Crippen molar-refractivity contribution in [1.82, 2.24) is 0 Å². The SMILES string of the molecule is NC(CC1=CCC(B(O)O)C=C1)C(=O)O. The first-order valence-corrected chi connectivity index (χ1v) is 4.72. The molecule has 1 aliphatic carbocycles. The zero-order valence-electron chi connectivity index (χ0n) is 8.21. The van der Waals surface area contributed by atoms with Gasteiger partial charge in [-0.25, -0.2) is 0 Å². The van der Waals surface area contributed by atoms with Crippen LogP contribution < -0.4 is 5.73 Å². The van der Waals surface area contributed by atoms with Gasteiger partial charge in [0.15, 0.2) is 0 Å². The molecule has 0 aromatic rings. The van der Waals surface area contributed by atoms with E-state index in [1.54, 1.807) is 18.2 Å². The molecule has 0 spiro atoms. The third-order valence-electron chi connectivity index (χ3n) is 2.37. The summed E-state index contributed by atoms with van der Waals surface area (Å²) in [7, 11) is -1.37. The van der Waals surface area contributed by atoms with Crippen molar-refractivity contribution in [1.29, 1.82) is 0 Å². The van der Waals surface area contributed by atoms with E-state index in [4.69, 9.17) is 20.9 Å². The van der Waals surface area contributed by atoms with Crippen LogP contribution in [-0.2, 0) is 4.79 Å². The van der Waals surface area contributed by atoms with Gasteiger partial charge in [-0.1, -0.05) is 23.8 Å². The standard InChI is InChI=1S/C9H14BNO4/c11-8(9(12)13)5-6-1-3-7(4-2-6)10(14)15/h1-3,7-8,14-15H,4-5,11H2,(H,12,13). The number of nitrogens with two attached hydrogens (primary N) is 1. The number of hydrogen-bond acceptors (Lipinski definition) is 4. The molecule has 0 fully saturated rings. The maximum Gasteiger partial charge on any atom is 0.459 e. The quantitative estimate of drug-likeness (QED) is 0.470. The smallest absolute Gasteiger partial charge is 0.459 e. The van der Waals surface area contributed by atoms with Crippen molar-refractivity contribution in [3.8, 4) is 0 Å². The highest BCUT2D eigenvalue weighted by atomic mass is 16.4. The Bertz CT molecular complexity index is 300. The molecule has 0 saturated heterocycles. The molecule has 0 saturated carbocycles. The van der Waals surface area contributed by atoms with Crippen LogP contribution in [0.3, 0.4) is 0 Å². The van der Waals surface area contributed by atoms with Gasteiger partial charge >= 0.3 is 13.1 Å². The van der Waals surface area contributed by atoms with Gasteiger partial charge in [0.05, 0.1) is 0 Å². The highest BCUT2D eigenvalue weighted by Gasteiger charge is 2.22. The Labute approximate surface area is 88.1 Å². The van der Waals surface area contributed by atoms with Gasteiger partial charge in [-0.2, -0.15) is 0 Å². The summed E-state index contributed by atoms with van der Waals surface area (Å²) >= 11 is 0. The van der Waals surface area contributed by atoms with Crippen LogP contribution in [0.2, 0.25) is 5.82 Å². The largest absolute Gasteiger partial charge is 0.480 e. The number of rotatable bonds is 4. The van der Waals surface area contributed by atoms with E-state index in [9.17, 15) is 4.79 Å². The maximum absolute atomic E-state index is 10.5. The summed E-state index contributed by atoms with van der Waals surface area (Å²) in [5.74, 6) is -1.34. The lowest BCUT2D eigenvalue weighted by molar-refractivity contribution is -0.138. The molecule has 0 aliphatic heterocycles. The van der Waals surface area contributed by atoms with Crippen LogP contribution in [0.15, 0.2) is 23.8 Å². The van der Waals surface area contributed by atoms with Crippen molar-refractivity contribution in [2.75, 3.05) is 0 Å². The first-order valence-electron chi connectivity index (χ1n) is 4.72. The average Bonchev–Trinajstić information content (AvgIpc) is 2.18. The van der Waals surface area contributed by atoms with E-state index in [1.165, 1.54) is 0 Å². The summed E-state index contributed by atoms with van der Waals surface area (Å²) in [6.07, 6.45) is 5.90. The molecule has 1 rings (SSSR count). The van der Waals surface area contributed by atoms with E-state index in [1.807, 2.05) is 0 Å². The Hall–Kier alpha value is -1.11. The summed E-state index contributed by atoms with van der Waals surface area (Å²) in [4.78, 5) is 10.5. The lowest BCUT2D eigenvalue weighted by Crippen LogP contribution is -2.30. The minimum Gasteiger partial charge on any atom is -0.480 e. The fraction of sp³-hybridized carbons (Fsp3) is 0.444. The van der Waals surface area contributed by atoms with Gasteiger partial charge in [-0.3, -0.25) is 4.79 Å². The van der Waals surface area contributed by atoms with E-state index in [-0.39, 0.29) is 12.2 Å². The summed E-state index contributed by atoms with van der Waals surface area (Å²) in [5, 5.41) is 26.4. The minimum atomic E-state index is -1.37. The summed E-state index contributed by atoms with van der Waals surface area (Å²) in [5.41, 5.74) is 6.19. The van der Waals surface area contributed by atoms with Gasteiger partial charge in [0.1, 0.15) is 6.04 Å². The van der Waals surface area contributed by atoms with Gasteiger partial charge in [0.25, 0.3) is 0 Å². The molecule has 2 unspecified atom stereocenters. The highest BCUT2D eigenvalue weighted by Crippen LogP contribution is 2.24. The maximum atomic E-state index is 10.5. The van der Waals surface area contributed by atoms with Crippen molar-refractivity contribution in [3.05, 3.63) is 23.8 Å². The van der Waals surface area contributed by atoms with Crippen molar-refractivity contribution >= 4 is 13.1 Å². The molecule has 0 aromatic carbocycles. The van der Waals surface area contributed by atoms with Crippen molar-refractivity contribution in [3.63, 3.8) is 0 Å². The Balaban J connectivity index is 2.49. The molecule has 15 heavy (non-hydrogen) atoms. The number of carboxylic acid groups (broad SMARTS) is 1. The second kappa shape index (κ2) is 5.11. The molecule has 0 aromatic heterocycles. The van der Waals surface area contributed by atoms with Crippen LogP contribution >= 0.6 is 0 Å². The minimum absolute atomic E-state index is 0.264. The Morgan fingerprint density at radius 2 is 2.33 bits per heavy atom. The summed E-state index contributed by atoms with van der Waals surface area (Å²) < 4.78 is 0. The molecule has 2 atom stereocenters. The average molecular weight is 211 g/mol. The summed E-state index contributed by atoms with van der Waals surface area (Å²) in [6.45, 7) is 0. The van der Waals surface area contributed by atoms with Crippen LogP contribution in [0.5, 0.6) is 0 Å². The molecular weight excluding hydrogens is 197 g/mol. The lowest BCUT2D eigenvalue weighted by atomic mass is 9.69. The van der Waals surface area contributed by atoms with Crippen molar-refractivity contribution in [2.45, 2.75) is 24.7 Å². The Kier molecular flexibility index (Phi) is 4.08. The number of hydrogen-bond donors (Lipinski definition) is 4. The monoisotopic (exact) mass is 211 g/mol. The van der Waals surface area contributed by atoms with E-state index in [2.05, 4.69) is 0 Å². The summed E-state index contributed by atoms with van der Waals surface area (Å²) in [6, 6.07) is -0.906. The topological polar surface area (TPSA) is 104 Å². The van der Waals surface area contributed by atoms with Gasteiger partial charge in [-0.15, -0.1) is 0 Å². The predicted molar refractivity (Wildman–Crippen MR) is 56.0 cm³/mol. The Morgan fingerprint density at radius 3 is 2.73 bits per heavy atom. The van der Waals surface area contributed by atoms with Crippen LogP contribution in [0.1, 0.15) is 12.8 Å². The Morgan fingerprint density at radius 1 is 1.67 bits per heavy atom. The molecule has 82 valence electrons. The molecule has 6 heteroatoms. The number of carboxylic acids is 1. The van der Waals surface area contributed by atoms with Gasteiger partial charge in [0.2, 0.25) is 0 Å². The fourth-order valence-corrected chi connectivity index (χ4v) is 1.39. The van der Waals surface area contributed by atoms with E-state index >= 15 is 0 Å². The fourth-order valence-electron chi connectivity index (χ4n) is 1.39. The van der Waals surface area contributed by atoms with E-state index < -0.39 is 19.1 Å². The van der Waals surface area contributed by atoms with Crippen LogP contribution in [-0.4, -0.2) is 34.3 Å². The second-order valence-corrected chi connectivity index (χ2v) is 3.60. The predicted octanol–water partition coefficient (Wildman–Crippen LogP) is -0.482. The number of aliphatic carboxylic acids is 1. The first-order chi connectivity index (χ1) is 7.00. The van der Waals surface area contributed by atoms with Gasteiger partial charge in [0, 0.05) is 5.82 Å². The molecule has 0 bridgehead atoms. The zero-order chi connectivity index (χ0) is 11.4. The molecule has 5 N–H and O–H groups in total. The first kappa shape index (κ1) is 12.0. The zero-order valence-corrected chi connectivity index (χ0v) is 8.21.